The minimum absolute atomic E-state index is 0.125. The highest BCUT2D eigenvalue weighted by atomic mass is 35.5. The maximum atomic E-state index is 6.84. The Balaban J connectivity index is 3.06. The van der Waals surface area contributed by atoms with Crippen molar-refractivity contribution in [3.63, 3.8) is 0 Å². The summed E-state index contributed by atoms with van der Waals surface area (Å²) in [4.78, 5) is 0. The summed E-state index contributed by atoms with van der Waals surface area (Å²) < 4.78 is 0. The summed E-state index contributed by atoms with van der Waals surface area (Å²) in [7, 11) is 0. The van der Waals surface area contributed by atoms with Crippen molar-refractivity contribution in [2.24, 2.45) is 11.3 Å². The van der Waals surface area contributed by atoms with E-state index in [1.807, 2.05) is 0 Å². The van der Waals surface area contributed by atoms with Crippen molar-refractivity contribution in [2.45, 2.75) is 80.5 Å². The van der Waals surface area contributed by atoms with E-state index in [-0.39, 0.29) is 5.38 Å². The van der Waals surface area contributed by atoms with Crippen LogP contribution in [0.3, 0.4) is 0 Å². The summed E-state index contributed by atoms with van der Waals surface area (Å²) >= 11 is 6.84. The Morgan fingerprint density at radius 3 is 1.57 bits per heavy atom. The van der Waals surface area contributed by atoms with Crippen LogP contribution in [-0.2, 0) is 0 Å². The van der Waals surface area contributed by atoms with Crippen LogP contribution >= 0.6 is 11.6 Å². The van der Waals surface area contributed by atoms with E-state index in [2.05, 4.69) is 62.3 Å². The first-order valence-corrected chi connectivity index (χ1v) is 8.60. The Bertz CT molecular complexity index is 477. The van der Waals surface area contributed by atoms with Gasteiger partial charge in [-0.05, 0) is 92.2 Å². The van der Waals surface area contributed by atoms with Gasteiger partial charge in [0, 0.05) is 0 Å². The molecule has 2 unspecified atom stereocenters. The second-order valence-electron chi connectivity index (χ2n) is 8.11. The van der Waals surface area contributed by atoms with E-state index in [0.29, 0.717) is 11.3 Å². The minimum Gasteiger partial charge on any atom is -0.118 e. The standard InChI is InChI=1S/C20H33Cl/c1-12(11-20(7,8)9)10-18(21)19-16(5)14(3)13(2)15(4)17(19)6/h12,18H,10-11H2,1-9H3. The predicted octanol–water partition coefficient (Wildman–Crippen LogP) is 6.97. The fraction of sp³-hybridized carbons (Fsp3) is 0.700. The van der Waals surface area contributed by atoms with Gasteiger partial charge in [0.2, 0.25) is 0 Å². The summed E-state index contributed by atoms with van der Waals surface area (Å²) in [6, 6.07) is 0. The highest BCUT2D eigenvalue weighted by Gasteiger charge is 2.23. The van der Waals surface area contributed by atoms with Crippen LogP contribution in [0, 0.1) is 46.0 Å². The van der Waals surface area contributed by atoms with Gasteiger partial charge in [0.25, 0.3) is 0 Å². The van der Waals surface area contributed by atoms with E-state index in [0.717, 1.165) is 6.42 Å². The topological polar surface area (TPSA) is 0 Å². The van der Waals surface area contributed by atoms with Crippen molar-refractivity contribution in [1.82, 2.24) is 0 Å². The van der Waals surface area contributed by atoms with Crippen LogP contribution in [0.2, 0.25) is 0 Å². The Labute approximate surface area is 137 Å². The summed E-state index contributed by atoms with van der Waals surface area (Å²) in [5.74, 6) is 0.646. The second-order valence-corrected chi connectivity index (χ2v) is 8.64. The van der Waals surface area contributed by atoms with Gasteiger partial charge in [0.15, 0.2) is 0 Å². The third kappa shape index (κ3) is 4.49. The van der Waals surface area contributed by atoms with Gasteiger partial charge in [-0.3, -0.25) is 0 Å². The molecule has 0 nitrogen and oxygen atoms in total. The molecule has 0 spiro atoms. The van der Waals surface area contributed by atoms with Gasteiger partial charge < -0.3 is 0 Å². The van der Waals surface area contributed by atoms with Crippen molar-refractivity contribution < 1.29 is 0 Å². The predicted molar refractivity (Wildman–Crippen MR) is 96.6 cm³/mol. The number of alkyl halides is 1. The molecular formula is C20H33Cl. The first kappa shape index (κ1) is 18.6. The molecule has 1 rings (SSSR count). The molecule has 2 atom stereocenters. The average Bonchev–Trinajstić information content (AvgIpc) is 2.31. The van der Waals surface area contributed by atoms with E-state index in [1.165, 1.54) is 39.8 Å². The monoisotopic (exact) mass is 308 g/mol. The summed E-state index contributed by atoms with van der Waals surface area (Å²) in [6.45, 7) is 20.4. The van der Waals surface area contributed by atoms with E-state index < -0.39 is 0 Å². The summed E-state index contributed by atoms with van der Waals surface area (Å²) in [5, 5.41) is 0.125. The second kappa shape index (κ2) is 6.73. The average molecular weight is 309 g/mol. The van der Waals surface area contributed by atoms with Gasteiger partial charge >= 0.3 is 0 Å². The van der Waals surface area contributed by atoms with Crippen LogP contribution in [-0.4, -0.2) is 0 Å². The summed E-state index contributed by atoms with van der Waals surface area (Å²) in [6.07, 6.45) is 2.28. The van der Waals surface area contributed by atoms with Crippen molar-refractivity contribution in [1.29, 1.82) is 0 Å². The van der Waals surface area contributed by atoms with Crippen molar-refractivity contribution >= 4 is 11.6 Å². The number of halogens is 1. The molecule has 0 aromatic heterocycles. The zero-order valence-corrected chi connectivity index (χ0v) is 16.2. The van der Waals surface area contributed by atoms with Crippen LogP contribution in [0.4, 0.5) is 0 Å². The number of hydrogen-bond donors (Lipinski definition) is 0. The summed E-state index contributed by atoms with van der Waals surface area (Å²) in [5.41, 5.74) is 8.75. The van der Waals surface area contributed by atoms with Crippen LogP contribution < -0.4 is 0 Å². The first-order valence-electron chi connectivity index (χ1n) is 8.16. The van der Waals surface area contributed by atoms with Gasteiger partial charge in [0.05, 0.1) is 5.38 Å². The lowest BCUT2D eigenvalue weighted by Crippen LogP contribution is -2.13. The molecule has 0 aliphatic heterocycles. The molecule has 0 aliphatic carbocycles. The molecule has 1 aromatic carbocycles. The molecule has 1 heteroatoms. The molecule has 21 heavy (non-hydrogen) atoms. The lowest BCUT2D eigenvalue weighted by atomic mass is 9.81. The largest absolute Gasteiger partial charge is 0.118 e. The smallest absolute Gasteiger partial charge is 0.0593 e. The molecule has 1 aromatic rings. The van der Waals surface area contributed by atoms with Crippen LogP contribution in [0.5, 0.6) is 0 Å². The zero-order chi connectivity index (χ0) is 16.5. The van der Waals surface area contributed by atoms with Gasteiger partial charge in [-0.1, -0.05) is 27.7 Å². The SMILES string of the molecule is Cc1c(C)c(C)c(C(Cl)CC(C)CC(C)(C)C)c(C)c1C. The fourth-order valence-electron chi connectivity index (χ4n) is 3.60. The zero-order valence-electron chi connectivity index (χ0n) is 15.4. The quantitative estimate of drug-likeness (QED) is 0.527. The number of hydrogen-bond acceptors (Lipinski definition) is 0. The number of rotatable bonds is 4. The molecule has 0 N–H and O–H groups in total. The number of benzene rings is 1. The van der Waals surface area contributed by atoms with Gasteiger partial charge in [0.1, 0.15) is 0 Å². The Hall–Kier alpha value is -0.490. The lowest BCUT2D eigenvalue weighted by molar-refractivity contribution is 0.295. The van der Waals surface area contributed by atoms with Crippen LogP contribution in [0.25, 0.3) is 0 Å². The van der Waals surface area contributed by atoms with Gasteiger partial charge in [-0.15, -0.1) is 11.6 Å². The molecule has 0 aliphatic rings. The molecule has 0 saturated heterocycles. The van der Waals surface area contributed by atoms with Crippen LogP contribution in [0.15, 0.2) is 0 Å². The molecule has 0 heterocycles. The Morgan fingerprint density at radius 2 is 1.19 bits per heavy atom. The highest BCUT2D eigenvalue weighted by molar-refractivity contribution is 6.21. The maximum absolute atomic E-state index is 6.84. The first-order chi connectivity index (χ1) is 9.45. The maximum Gasteiger partial charge on any atom is 0.0593 e. The van der Waals surface area contributed by atoms with Crippen molar-refractivity contribution in [3.05, 3.63) is 33.4 Å². The fourth-order valence-corrected chi connectivity index (χ4v) is 4.23. The Morgan fingerprint density at radius 1 is 0.810 bits per heavy atom. The highest BCUT2D eigenvalue weighted by Crippen LogP contribution is 2.39. The molecule has 0 saturated carbocycles. The third-order valence-corrected chi connectivity index (χ3v) is 5.34. The molecule has 0 fully saturated rings. The van der Waals surface area contributed by atoms with E-state index >= 15 is 0 Å². The van der Waals surface area contributed by atoms with Crippen molar-refractivity contribution in [3.8, 4) is 0 Å². The lowest BCUT2D eigenvalue weighted by Gasteiger charge is -2.27. The van der Waals surface area contributed by atoms with Gasteiger partial charge in [-0.25, -0.2) is 0 Å². The molecule has 0 amide bonds. The normalized spacial score (nSPS) is 15.1. The minimum atomic E-state index is 0.125. The van der Waals surface area contributed by atoms with Gasteiger partial charge in [-0.2, -0.15) is 0 Å². The van der Waals surface area contributed by atoms with E-state index in [9.17, 15) is 0 Å². The van der Waals surface area contributed by atoms with E-state index in [1.54, 1.807) is 0 Å². The van der Waals surface area contributed by atoms with Crippen molar-refractivity contribution in [2.75, 3.05) is 0 Å². The van der Waals surface area contributed by atoms with Crippen LogP contribution in [0.1, 0.15) is 79.3 Å². The Kier molecular flexibility index (Phi) is 5.95. The molecular weight excluding hydrogens is 276 g/mol. The third-order valence-electron chi connectivity index (χ3n) is 4.94. The molecule has 0 bridgehead atoms. The molecule has 0 radical (unpaired) electrons. The van der Waals surface area contributed by atoms with E-state index in [4.69, 9.17) is 11.6 Å². The molecule has 120 valence electrons.